The standard InChI is InChI=1S/C11H8ClFN2O3S/c12-8-2-1-3-9(11(8)13)18-10-5-4-7(6-15-10)19(14,16)17/h1-6H,(H2,14,16,17). The van der Waals surface area contributed by atoms with Crippen molar-refractivity contribution in [2.75, 3.05) is 0 Å². The lowest BCUT2D eigenvalue weighted by molar-refractivity contribution is 0.427. The molecule has 0 unspecified atom stereocenters. The lowest BCUT2D eigenvalue weighted by atomic mass is 10.3. The monoisotopic (exact) mass is 302 g/mol. The number of sulfonamides is 1. The Hall–Kier alpha value is -1.70. The third kappa shape index (κ3) is 3.19. The van der Waals surface area contributed by atoms with E-state index in [1.165, 1.54) is 30.3 Å². The SMILES string of the molecule is NS(=O)(=O)c1ccc(Oc2cccc(Cl)c2F)nc1. The van der Waals surface area contributed by atoms with Crippen LogP contribution in [0.1, 0.15) is 0 Å². The Morgan fingerprint density at radius 1 is 1.26 bits per heavy atom. The summed E-state index contributed by atoms with van der Waals surface area (Å²) in [5, 5.41) is 4.83. The minimum Gasteiger partial charge on any atom is -0.436 e. The van der Waals surface area contributed by atoms with Gasteiger partial charge in [-0.15, -0.1) is 0 Å². The third-order valence-corrected chi connectivity index (χ3v) is 3.36. The fourth-order valence-electron chi connectivity index (χ4n) is 1.27. The zero-order valence-corrected chi connectivity index (χ0v) is 11.0. The number of ether oxygens (including phenoxy) is 1. The van der Waals surface area contributed by atoms with E-state index in [-0.39, 0.29) is 21.5 Å². The molecule has 0 radical (unpaired) electrons. The minimum atomic E-state index is -3.82. The number of hydrogen-bond donors (Lipinski definition) is 1. The first-order valence-electron chi connectivity index (χ1n) is 4.98. The summed E-state index contributed by atoms with van der Waals surface area (Å²) in [7, 11) is -3.82. The van der Waals surface area contributed by atoms with Crippen LogP contribution in [0.2, 0.25) is 5.02 Å². The van der Waals surface area contributed by atoms with E-state index in [9.17, 15) is 12.8 Å². The second-order valence-electron chi connectivity index (χ2n) is 3.53. The van der Waals surface area contributed by atoms with Crippen LogP contribution in [0, 0.1) is 5.82 Å². The van der Waals surface area contributed by atoms with Crippen molar-refractivity contribution in [3.8, 4) is 11.6 Å². The molecule has 0 fully saturated rings. The number of hydrogen-bond acceptors (Lipinski definition) is 4. The average molecular weight is 303 g/mol. The van der Waals surface area contributed by atoms with E-state index in [0.29, 0.717) is 0 Å². The Kier molecular flexibility index (Phi) is 3.70. The van der Waals surface area contributed by atoms with Gasteiger partial charge in [-0.05, 0) is 18.2 Å². The largest absolute Gasteiger partial charge is 0.436 e. The molecule has 1 aromatic heterocycles. The zero-order chi connectivity index (χ0) is 14.0. The van der Waals surface area contributed by atoms with E-state index in [0.717, 1.165) is 6.20 Å². The first-order valence-corrected chi connectivity index (χ1v) is 6.91. The molecule has 1 aromatic carbocycles. The molecule has 5 nitrogen and oxygen atoms in total. The maximum absolute atomic E-state index is 13.6. The molecule has 0 saturated carbocycles. The molecule has 2 aromatic rings. The van der Waals surface area contributed by atoms with Gasteiger partial charge in [0.05, 0.1) is 11.2 Å². The molecule has 0 saturated heterocycles. The second-order valence-corrected chi connectivity index (χ2v) is 5.50. The highest BCUT2D eigenvalue weighted by atomic mass is 35.5. The van der Waals surface area contributed by atoms with Gasteiger partial charge in [0.25, 0.3) is 0 Å². The van der Waals surface area contributed by atoms with Crippen LogP contribution < -0.4 is 9.88 Å². The van der Waals surface area contributed by atoms with Crippen LogP contribution in [-0.2, 0) is 10.0 Å². The van der Waals surface area contributed by atoms with Crippen molar-refractivity contribution in [2.45, 2.75) is 4.90 Å². The molecule has 8 heteroatoms. The minimum absolute atomic E-state index is 0.0218. The van der Waals surface area contributed by atoms with Gasteiger partial charge >= 0.3 is 0 Å². The summed E-state index contributed by atoms with van der Waals surface area (Å²) in [4.78, 5) is 3.56. The van der Waals surface area contributed by atoms with Gasteiger partial charge in [-0.25, -0.2) is 22.9 Å². The van der Waals surface area contributed by atoms with Crippen LogP contribution in [0.25, 0.3) is 0 Å². The Morgan fingerprint density at radius 3 is 2.58 bits per heavy atom. The number of nitrogens with two attached hydrogens (primary N) is 1. The van der Waals surface area contributed by atoms with Crippen LogP contribution >= 0.6 is 11.6 Å². The van der Waals surface area contributed by atoms with Crippen LogP contribution in [0.15, 0.2) is 41.4 Å². The fraction of sp³-hybridized carbons (Fsp3) is 0. The third-order valence-electron chi connectivity index (χ3n) is 2.17. The zero-order valence-electron chi connectivity index (χ0n) is 9.38. The average Bonchev–Trinajstić information content (AvgIpc) is 2.35. The molecule has 2 N–H and O–H groups in total. The fourth-order valence-corrected chi connectivity index (χ4v) is 1.89. The molecule has 19 heavy (non-hydrogen) atoms. The lowest BCUT2D eigenvalue weighted by Gasteiger charge is -2.06. The summed E-state index contributed by atoms with van der Waals surface area (Å²) in [5.41, 5.74) is 0. The molecule has 100 valence electrons. The predicted molar refractivity (Wildman–Crippen MR) is 67.1 cm³/mol. The summed E-state index contributed by atoms with van der Waals surface area (Å²) >= 11 is 5.59. The first kappa shape index (κ1) is 13.7. The van der Waals surface area contributed by atoms with Gasteiger partial charge in [0.2, 0.25) is 15.9 Å². The Morgan fingerprint density at radius 2 is 2.00 bits per heavy atom. The van der Waals surface area contributed by atoms with E-state index >= 15 is 0 Å². The number of primary sulfonamides is 1. The van der Waals surface area contributed by atoms with Gasteiger partial charge in [0.1, 0.15) is 4.90 Å². The van der Waals surface area contributed by atoms with Crippen LogP contribution in [-0.4, -0.2) is 13.4 Å². The number of halogens is 2. The number of aromatic nitrogens is 1. The highest BCUT2D eigenvalue weighted by Gasteiger charge is 2.11. The van der Waals surface area contributed by atoms with E-state index in [2.05, 4.69) is 4.98 Å². The van der Waals surface area contributed by atoms with Crippen molar-refractivity contribution in [2.24, 2.45) is 5.14 Å². The van der Waals surface area contributed by atoms with Crippen molar-refractivity contribution in [3.05, 3.63) is 47.4 Å². The van der Waals surface area contributed by atoms with Gasteiger partial charge in [-0.3, -0.25) is 0 Å². The van der Waals surface area contributed by atoms with Crippen molar-refractivity contribution < 1.29 is 17.5 Å². The lowest BCUT2D eigenvalue weighted by Crippen LogP contribution is -2.12. The summed E-state index contributed by atoms with van der Waals surface area (Å²) < 4.78 is 40.7. The number of rotatable bonds is 3. The molecule has 0 amide bonds. The van der Waals surface area contributed by atoms with Crippen LogP contribution in [0.3, 0.4) is 0 Å². The molecule has 0 aliphatic heterocycles. The van der Waals surface area contributed by atoms with Crippen LogP contribution in [0.4, 0.5) is 4.39 Å². The van der Waals surface area contributed by atoms with Crippen molar-refractivity contribution in [3.63, 3.8) is 0 Å². The summed E-state index contributed by atoms with van der Waals surface area (Å²) in [6, 6.07) is 6.73. The summed E-state index contributed by atoms with van der Waals surface area (Å²) in [6.45, 7) is 0. The normalized spacial score (nSPS) is 11.3. The van der Waals surface area contributed by atoms with Crippen LogP contribution in [0.5, 0.6) is 11.6 Å². The van der Waals surface area contributed by atoms with Crippen molar-refractivity contribution in [1.82, 2.24) is 4.98 Å². The summed E-state index contributed by atoms with van der Waals surface area (Å²) in [5.74, 6) is -0.807. The number of nitrogens with zero attached hydrogens (tertiary/aromatic N) is 1. The Balaban J connectivity index is 2.27. The van der Waals surface area contributed by atoms with E-state index in [1.807, 2.05) is 0 Å². The van der Waals surface area contributed by atoms with Gasteiger partial charge in [-0.1, -0.05) is 17.7 Å². The molecule has 0 aliphatic rings. The molecule has 0 atom stereocenters. The van der Waals surface area contributed by atoms with Gasteiger partial charge in [0.15, 0.2) is 11.6 Å². The molecule has 0 aliphatic carbocycles. The van der Waals surface area contributed by atoms with Gasteiger partial charge in [-0.2, -0.15) is 0 Å². The van der Waals surface area contributed by atoms with E-state index in [4.69, 9.17) is 21.5 Å². The molecule has 2 rings (SSSR count). The molecule has 0 spiro atoms. The Labute approximate surface area is 113 Å². The maximum atomic E-state index is 13.6. The van der Waals surface area contributed by atoms with E-state index in [1.54, 1.807) is 0 Å². The van der Waals surface area contributed by atoms with Gasteiger partial charge < -0.3 is 4.74 Å². The van der Waals surface area contributed by atoms with Gasteiger partial charge in [0, 0.05) is 6.07 Å². The molecule has 1 heterocycles. The second kappa shape index (κ2) is 5.12. The molecule has 0 bridgehead atoms. The molecular weight excluding hydrogens is 295 g/mol. The summed E-state index contributed by atoms with van der Waals surface area (Å²) in [6.07, 6.45) is 1.02. The number of pyridine rings is 1. The van der Waals surface area contributed by atoms with E-state index < -0.39 is 15.8 Å². The predicted octanol–water partition coefficient (Wildman–Crippen LogP) is 2.31. The topological polar surface area (TPSA) is 82.3 Å². The van der Waals surface area contributed by atoms with Crippen molar-refractivity contribution >= 4 is 21.6 Å². The van der Waals surface area contributed by atoms with Crippen molar-refractivity contribution in [1.29, 1.82) is 0 Å². The quantitative estimate of drug-likeness (QED) is 0.943. The highest BCUT2D eigenvalue weighted by molar-refractivity contribution is 7.89. The Bertz CT molecular complexity index is 704. The maximum Gasteiger partial charge on any atom is 0.239 e. The number of benzene rings is 1. The highest BCUT2D eigenvalue weighted by Crippen LogP contribution is 2.27. The smallest absolute Gasteiger partial charge is 0.239 e. The molecular formula is C11H8ClFN2O3S. The first-order chi connectivity index (χ1) is 8.88.